The Labute approximate surface area is 242 Å². The summed E-state index contributed by atoms with van der Waals surface area (Å²) in [4.78, 5) is 29.8. The van der Waals surface area contributed by atoms with E-state index < -0.39 is 4.92 Å². The van der Waals surface area contributed by atoms with Gasteiger partial charge in [-0.15, -0.1) is 0 Å². The molecule has 8 nitrogen and oxygen atoms in total. The molecule has 0 bridgehead atoms. The number of rotatable bonds is 7. The molecule has 3 aromatic carbocycles. The van der Waals surface area contributed by atoms with E-state index in [0.29, 0.717) is 37.9 Å². The van der Waals surface area contributed by atoms with E-state index in [0.717, 1.165) is 36.6 Å². The van der Waals surface area contributed by atoms with Crippen molar-refractivity contribution in [1.29, 1.82) is 0 Å². The molecule has 0 unspecified atom stereocenters. The topological polar surface area (TPSA) is 99.6 Å². The summed E-state index contributed by atoms with van der Waals surface area (Å²) in [5.41, 5.74) is 1.02. The van der Waals surface area contributed by atoms with Gasteiger partial charge >= 0.3 is 5.69 Å². The third kappa shape index (κ3) is 6.00. The Bertz CT molecular complexity index is 1650. The van der Waals surface area contributed by atoms with Crippen molar-refractivity contribution >= 4 is 61.9 Å². The minimum atomic E-state index is -0.523. The highest BCUT2D eigenvalue weighted by Crippen LogP contribution is 2.34. The SMILES string of the molecule is O=c1c2cc(Br)ccc2nc(C2CCCCC2)n1N=Cc1cccc([N+](=O)[O-])c1OCc1ccc(Cl)cc1Cl. The van der Waals surface area contributed by atoms with Crippen molar-refractivity contribution in [3.8, 4) is 5.75 Å². The Balaban J connectivity index is 1.58. The molecule has 1 heterocycles. The fourth-order valence-electron chi connectivity index (χ4n) is 4.76. The molecule has 4 aromatic rings. The lowest BCUT2D eigenvalue weighted by molar-refractivity contribution is -0.385. The molecule has 1 aromatic heterocycles. The van der Waals surface area contributed by atoms with Crippen LogP contribution < -0.4 is 10.3 Å². The molecule has 0 atom stereocenters. The summed E-state index contributed by atoms with van der Waals surface area (Å²) in [6, 6.07) is 14.9. The molecule has 200 valence electrons. The van der Waals surface area contributed by atoms with Gasteiger partial charge in [-0.2, -0.15) is 9.78 Å². The van der Waals surface area contributed by atoms with Crippen LogP contribution in [-0.4, -0.2) is 20.8 Å². The molecule has 0 radical (unpaired) electrons. The normalized spacial score (nSPS) is 14.2. The number of nitro benzene ring substituents is 1. The van der Waals surface area contributed by atoms with Crippen molar-refractivity contribution in [2.45, 2.75) is 44.6 Å². The molecular weight excluding hydrogens is 607 g/mol. The summed E-state index contributed by atoms with van der Waals surface area (Å²) >= 11 is 15.7. The van der Waals surface area contributed by atoms with E-state index in [1.54, 1.807) is 36.4 Å². The van der Waals surface area contributed by atoms with Crippen molar-refractivity contribution in [2.24, 2.45) is 5.10 Å². The maximum Gasteiger partial charge on any atom is 0.311 e. The number of hydrogen-bond acceptors (Lipinski definition) is 6. The second-order valence-electron chi connectivity index (χ2n) is 9.30. The van der Waals surface area contributed by atoms with Crippen LogP contribution >= 0.6 is 39.1 Å². The van der Waals surface area contributed by atoms with Crippen LogP contribution in [0.3, 0.4) is 0 Å². The van der Waals surface area contributed by atoms with Gasteiger partial charge in [0.15, 0.2) is 0 Å². The monoisotopic (exact) mass is 628 g/mol. The van der Waals surface area contributed by atoms with Crippen LogP contribution in [0.2, 0.25) is 10.0 Å². The lowest BCUT2D eigenvalue weighted by atomic mass is 9.88. The standard InChI is InChI=1S/C28H23BrCl2N4O4/c29-20-10-12-24-22(13-20)28(36)34(27(33-24)17-5-2-1-3-6-17)32-15-18-7-4-8-25(35(37)38)26(18)39-16-19-9-11-21(30)14-23(19)31/h4,7-15,17H,1-3,5-6,16H2. The Morgan fingerprint density at radius 3 is 2.67 bits per heavy atom. The van der Waals surface area contributed by atoms with Gasteiger partial charge in [0.1, 0.15) is 12.4 Å². The van der Waals surface area contributed by atoms with Gasteiger partial charge in [-0.3, -0.25) is 14.9 Å². The van der Waals surface area contributed by atoms with Crippen molar-refractivity contribution in [3.63, 3.8) is 0 Å². The van der Waals surface area contributed by atoms with Crippen molar-refractivity contribution < 1.29 is 9.66 Å². The molecule has 0 spiro atoms. The summed E-state index contributed by atoms with van der Waals surface area (Å²) in [7, 11) is 0. The van der Waals surface area contributed by atoms with Gasteiger partial charge in [0.25, 0.3) is 5.56 Å². The molecule has 11 heteroatoms. The molecule has 0 aliphatic heterocycles. The van der Waals surface area contributed by atoms with E-state index in [2.05, 4.69) is 21.0 Å². The van der Waals surface area contributed by atoms with Gasteiger partial charge in [0, 0.05) is 37.6 Å². The fraction of sp³-hybridized carbons (Fsp3) is 0.250. The predicted molar refractivity (Wildman–Crippen MR) is 156 cm³/mol. The lowest BCUT2D eigenvalue weighted by Gasteiger charge is -2.22. The number of hydrogen-bond donors (Lipinski definition) is 0. The average Bonchev–Trinajstić information content (AvgIpc) is 2.93. The molecule has 1 aliphatic rings. The Morgan fingerprint density at radius 1 is 1.13 bits per heavy atom. The predicted octanol–water partition coefficient (Wildman–Crippen LogP) is 7.88. The maximum absolute atomic E-state index is 13.6. The highest BCUT2D eigenvalue weighted by atomic mass is 79.9. The number of benzene rings is 3. The van der Waals surface area contributed by atoms with Crippen molar-refractivity contribution in [1.82, 2.24) is 9.66 Å². The third-order valence-corrected chi connectivity index (χ3v) is 7.80. The number of aromatic nitrogens is 2. The summed E-state index contributed by atoms with van der Waals surface area (Å²) in [5, 5.41) is 17.6. The molecule has 39 heavy (non-hydrogen) atoms. The highest BCUT2D eigenvalue weighted by molar-refractivity contribution is 9.10. The van der Waals surface area contributed by atoms with E-state index >= 15 is 0 Å². The van der Waals surface area contributed by atoms with Gasteiger partial charge in [0.05, 0.1) is 22.0 Å². The highest BCUT2D eigenvalue weighted by Gasteiger charge is 2.23. The van der Waals surface area contributed by atoms with Crippen LogP contribution in [0, 0.1) is 10.1 Å². The second-order valence-corrected chi connectivity index (χ2v) is 11.1. The minimum Gasteiger partial charge on any atom is -0.481 e. The molecule has 1 fully saturated rings. The second kappa shape index (κ2) is 11.9. The fourth-order valence-corrected chi connectivity index (χ4v) is 5.58. The van der Waals surface area contributed by atoms with E-state index in [-0.39, 0.29) is 29.5 Å². The number of nitro groups is 1. The number of para-hydroxylation sites is 1. The summed E-state index contributed by atoms with van der Waals surface area (Å²) in [6.07, 6.45) is 6.49. The first-order valence-electron chi connectivity index (χ1n) is 12.4. The number of ether oxygens (including phenoxy) is 1. The first-order valence-corrected chi connectivity index (χ1v) is 14.0. The summed E-state index contributed by atoms with van der Waals surface area (Å²) in [5.74, 6) is 0.692. The largest absolute Gasteiger partial charge is 0.481 e. The molecule has 1 aliphatic carbocycles. The third-order valence-electron chi connectivity index (χ3n) is 6.72. The molecule has 5 rings (SSSR count). The quantitative estimate of drug-likeness (QED) is 0.118. The minimum absolute atomic E-state index is 0.0148. The summed E-state index contributed by atoms with van der Waals surface area (Å²) in [6.45, 7) is -0.0273. The number of fused-ring (bicyclic) bond motifs is 1. The van der Waals surface area contributed by atoms with Crippen LogP contribution in [0.1, 0.15) is 55.0 Å². The van der Waals surface area contributed by atoms with Gasteiger partial charge < -0.3 is 4.74 Å². The van der Waals surface area contributed by atoms with E-state index in [1.165, 1.54) is 17.0 Å². The van der Waals surface area contributed by atoms with E-state index in [9.17, 15) is 14.9 Å². The molecule has 0 N–H and O–H groups in total. The van der Waals surface area contributed by atoms with Gasteiger partial charge in [-0.1, -0.05) is 70.5 Å². The smallest absolute Gasteiger partial charge is 0.311 e. The Morgan fingerprint density at radius 2 is 1.92 bits per heavy atom. The lowest BCUT2D eigenvalue weighted by Crippen LogP contribution is -2.25. The van der Waals surface area contributed by atoms with Crippen LogP contribution in [0.4, 0.5) is 5.69 Å². The van der Waals surface area contributed by atoms with Gasteiger partial charge in [-0.25, -0.2) is 4.98 Å². The average molecular weight is 630 g/mol. The van der Waals surface area contributed by atoms with Crippen LogP contribution in [0.25, 0.3) is 10.9 Å². The zero-order valence-corrected chi connectivity index (χ0v) is 23.7. The maximum atomic E-state index is 13.6. The molecule has 0 amide bonds. The number of halogens is 3. The van der Waals surface area contributed by atoms with Gasteiger partial charge in [-0.05, 0) is 49.2 Å². The van der Waals surface area contributed by atoms with Crippen molar-refractivity contribution in [2.75, 3.05) is 0 Å². The zero-order valence-electron chi connectivity index (χ0n) is 20.6. The Hall–Kier alpha value is -3.27. The van der Waals surface area contributed by atoms with Crippen LogP contribution in [0.5, 0.6) is 5.75 Å². The van der Waals surface area contributed by atoms with Gasteiger partial charge in [0.2, 0.25) is 5.75 Å². The van der Waals surface area contributed by atoms with Crippen LogP contribution in [-0.2, 0) is 6.61 Å². The molecule has 0 saturated heterocycles. The first-order chi connectivity index (χ1) is 18.8. The first kappa shape index (κ1) is 27.3. The van der Waals surface area contributed by atoms with Crippen LogP contribution in [0.15, 0.2) is 69.0 Å². The molecule has 1 saturated carbocycles. The van der Waals surface area contributed by atoms with E-state index in [4.69, 9.17) is 32.9 Å². The van der Waals surface area contributed by atoms with E-state index in [1.807, 2.05) is 12.1 Å². The zero-order chi connectivity index (χ0) is 27.5. The molecular formula is C28H23BrCl2N4O4. The van der Waals surface area contributed by atoms with Crippen molar-refractivity contribution in [3.05, 3.63) is 107 Å². The number of nitrogens with zero attached hydrogens (tertiary/aromatic N) is 4. The summed E-state index contributed by atoms with van der Waals surface area (Å²) < 4.78 is 8.00. The Kier molecular flexibility index (Phi) is 8.30.